The van der Waals surface area contributed by atoms with Crippen LogP contribution in [-0.4, -0.2) is 14.5 Å². The van der Waals surface area contributed by atoms with E-state index in [2.05, 4.69) is 25.9 Å². The summed E-state index contributed by atoms with van der Waals surface area (Å²) >= 11 is 3.37. The van der Waals surface area contributed by atoms with Gasteiger partial charge in [0.1, 0.15) is 30.2 Å². The Hall–Kier alpha value is -3.91. The molecule has 8 heteroatoms. The molecule has 0 unspecified atom stereocenters. The van der Waals surface area contributed by atoms with E-state index < -0.39 is 11.5 Å². The van der Waals surface area contributed by atoms with E-state index in [0.29, 0.717) is 28.2 Å². The van der Waals surface area contributed by atoms with Crippen LogP contribution in [0.4, 0.5) is 4.39 Å². The maximum absolute atomic E-state index is 14.8. The fourth-order valence-electron chi connectivity index (χ4n) is 3.60. The number of benzene rings is 3. The summed E-state index contributed by atoms with van der Waals surface area (Å²) in [4.78, 5) is 20.1. The molecule has 0 saturated heterocycles. The van der Waals surface area contributed by atoms with Gasteiger partial charge in [0.15, 0.2) is 0 Å². The van der Waals surface area contributed by atoms with Gasteiger partial charge in [0.05, 0.1) is 5.52 Å². The molecule has 0 radical (unpaired) electrons. The van der Waals surface area contributed by atoms with E-state index in [0.717, 1.165) is 11.1 Å². The van der Waals surface area contributed by atoms with Crippen molar-refractivity contribution in [3.8, 4) is 17.4 Å². The van der Waals surface area contributed by atoms with Crippen LogP contribution >= 0.6 is 15.9 Å². The summed E-state index contributed by atoms with van der Waals surface area (Å²) in [6, 6.07) is 25.4. The van der Waals surface area contributed by atoms with Crippen molar-refractivity contribution in [2.45, 2.75) is 13.2 Å². The zero-order valence-corrected chi connectivity index (χ0v) is 19.5. The first-order valence-electron chi connectivity index (χ1n) is 10.5. The molecule has 0 spiro atoms. The van der Waals surface area contributed by atoms with E-state index in [9.17, 15) is 9.18 Å². The number of hydrogen-bond acceptors (Lipinski definition) is 4. The summed E-state index contributed by atoms with van der Waals surface area (Å²) in [5.41, 5.74) is 2.15. The van der Waals surface area contributed by atoms with Crippen molar-refractivity contribution in [2.24, 2.45) is 0 Å². The van der Waals surface area contributed by atoms with Crippen LogP contribution < -0.4 is 15.2 Å². The predicted octanol–water partition coefficient (Wildman–Crippen LogP) is 5.77. The minimum absolute atomic E-state index is 0.101. The van der Waals surface area contributed by atoms with E-state index in [1.54, 1.807) is 18.2 Å². The summed E-state index contributed by atoms with van der Waals surface area (Å²) in [5, 5.41) is 0. The van der Waals surface area contributed by atoms with Crippen LogP contribution in [0, 0.1) is 5.82 Å². The lowest BCUT2D eigenvalue weighted by Crippen LogP contribution is -2.17. The average Bonchev–Trinajstić information content (AvgIpc) is 3.23. The normalized spacial score (nSPS) is 11.0. The third kappa shape index (κ3) is 4.45. The van der Waals surface area contributed by atoms with Gasteiger partial charge in [-0.1, -0.05) is 60.7 Å². The monoisotopic (exact) mass is 519 g/mol. The largest absolute Gasteiger partial charge is 0.473 e. The standard InChI is InChI=1S/C26H19BrFN3O3/c27-19-11-12-20(28)24-23(19)30-26(32)31(24)21-13-14-22(33-15-17-7-3-1-4-8-17)29-25(21)34-16-18-9-5-2-6-10-18/h1-14H,15-16H2,(H,30,32). The summed E-state index contributed by atoms with van der Waals surface area (Å²) in [6.07, 6.45) is 0. The van der Waals surface area contributed by atoms with Gasteiger partial charge in [-0.3, -0.25) is 4.57 Å². The topological polar surface area (TPSA) is 69.1 Å². The summed E-state index contributed by atoms with van der Waals surface area (Å²) in [5.74, 6) is -0.0723. The van der Waals surface area contributed by atoms with E-state index in [1.165, 1.54) is 10.6 Å². The maximum atomic E-state index is 14.8. The van der Waals surface area contributed by atoms with E-state index in [-0.39, 0.29) is 18.0 Å². The van der Waals surface area contributed by atoms with Crippen molar-refractivity contribution in [1.82, 2.24) is 14.5 Å². The summed E-state index contributed by atoms with van der Waals surface area (Å²) in [7, 11) is 0. The molecule has 0 fully saturated rings. The number of imidazole rings is 1. The van der Waals surface area contributed by atoms with Gasteiger partial charge >= 0.3 is 5.69 Å². The smallest absolute Gasteiger partial charge is 0.331 e. The van der Waals surface area contributed by atoms with Crippen molar-refractivity contribution in [1.29, 1.82) is 0 Å². The number of ether oxygens (including phenoxy) is 2. The quantitative estimate of drug-likeness (QED) is 0.296. The van der Waals surface area contributed by atoms with E-state index >= 15 is 0 Å². The molecule has 6 nitrogen and oxygen atoms in total. The van der Waals surface area contributed by atoms with Gasteiger partial charge in [-0.25, -0.2) is 9.18 Å². The first kappa shape index (κ1) is 21.9. The molecule has 0 bridgehead atoms. The Morgan fingerprint density at radius 1 is 0.853 bits per heavy atom. The van der Waals surface area contributed by atoms with Gasteiger partial charge < -0.3 is 14.5 Å². The second-order valence-corrected chi connectivity index (χ2v) is 8.40. The van der Waals surface area contributed by atoms with Crippen LogP contribution in [-0.2, 0) is 13.2 Å². The lowest BCUT2D eigenvalue weighted by molar-refractivity contribution is 0.267. The maximum Gasteiger partial charge on any atom is 0.331 e. The first-order valence-corrected chi connectivity index (χ1v) is 11.3. The molecule has 0 saturated carbocycles. The molecule has 0 atom stereocenters. The van der Waals surface area contributed by atoms with Crippen LogP contribution in [0.25, 0.3) is 16.7 Å². The lowest BCUT2D eigenvalue weighted by atomic mass is 10.2. The molecule has 2 heterocycles. The molecule has 0 aliphatic rings. The number of rotatable bonds is 7. The second kappa shape index (κ2) is 9.52. The zero-order chi connectivity index (χ0) is 23.5. The molecule has 0 amide bonds. The van der Waals surface area contributed by atoms with Crippen LogP contribution in [0.2, 0.25) is 0 Å². The number of halogens is 2. The third-order valence-corrected chi connectivity index (χ3v) is 5.90. The van der Waals surface area contributed by atoms with E-state index in [4.69, 9.17) is 9.47 Å². The summed E-state index contributed by atoms with van der Waals surface area (Å²) < 4.78 is 28.5. The molecule has 1 N–H and O–H groups in total. The van der Waals surface area contributed by atoms with Gasteiger partial charge in [0.25, 0.3) is 0 Å². The van der Waals surface area contributed by atoms with Crippen molar-refractivity contribution in [3.63, 3.8) is 0 Å². The highest BCUT2D eigenvalue weighted by molar-refractivity contribution is 9.10. The third-order valence-electron chi connectivity index (χ3n) is 5.24. The fourth-order valence-corrected chi connectivity index (χ4v) is 4.02. The molecule has 0 aliphatic heterocycles. The van der Waals surface area contributed by atoms with Crippen LogP contribution in [0.3, 0.4) is 0 Å². The Balaban J connectivity index is 1.56. The van der Waals surface area contributed by atoms with Crippen molar-refractivity contribution in [2.75, 3.05) is 0 Å². The Bertz CT molecular complexity index is 1500. The van der Waals surface area contributed by atoms with Crippen molar-refractivity contribution >= 4 is 27.0 Å². The highest BCUT2D eigenvalue weighted by Crippen LogP contribution is 2.30. The number of fused-ring (bicyclic) bond motifs is 1. The average molecular weight is 520 g/mol. The summed E-state index contributed by atoms with van der Waals surface area (Å²) in [6.45, 7) is 0.534. The van der Waals surface area contributed by atoms with Crippen LogP contribution in [0.15, 0.2) is 94.2 Å². The minimum atomic E-state index is -0.546. The molecular weight excluding hydrogens is 501 g/mol. The van der Waals surface area contributed by atoms with Crippen LogP contribution in [0.5, 0.6) is 11.8 Å². The second-order valence-electron chi connectivity index (χ2n) is 7.54. The predicted molar refractivity (Wildman–Crippen MR) is 131 cm³/mol. The van der Waals surface area contributed by atoms with Gasteiger partial charge in [-0.15, -0.1) is 0 Å². The van der Waals surface area contributed by atoms with Crippen LogP contribution in [0.1, 0.15) is 11.1 Å². The van der Waals surface area contributed by atoms with Crippen molar-refractivity contribution in [3.05, 3.63) is 117 Å². The minimum Gasteiger partial charge on any atom is -0.473 e. The Labute approximate surface area is 202 Å². The number of pyridine rings is 1. The molecule has 3 aromatic carbocycles. The van der Waals surface area contributed by atoms with Crippen molar-refractivity contribution < 1.29 is 13.9 Å². The fraction of sp³-hybridized carbons (Fsp3) is 0.0769. The Morgan fingerprint density at radius 2 is 1.50 bits per heavy atom. The molecule has 34 heavy (non-hydrogen) atoms. The Morgan fingerprint density at radius 3 is 2.18 bits per heavy atom. The number of aromatic amines is 1. The molecule has 5 aromatic rings. The highest BCUT2D eigenvalue weighted by atomic mass is 79.9. The Kier molecular flexibility index (Phi) is 6.14. The number of hydrogen-bond donors (Lipinski definition) is 1. The van der Waals surface area contributed by atoms with Gasteiger partial charge in [-0.2, -0.15) is 4.98 Å². The molecule has 2 aromatic heterocycles. The van der Waals surface area contributed by atoms with E-state index in [1.807, 2.05) is 60.7 Å². The molecule has 0 aliphatic carbocycles. The number of H-pyrrole nitrogens is 1. The molecule has 5 rings (SSSR count). The SMILES string of the molecule is O=c1[nH]c2c(Br)ccc(F)c2n1-c1ccc(OCc2ccccc2)nc1OCc1ccccc1. The number of nitrogens with zero attached hydrogens (tertiary/aromatic N) is 2. The van der Waals surface area contributed by atoms with Gasteiger partial charge in [-0.05, 0) is 45.3 Å². The zero-order valence-electron chi connectivity index (χ0n) is 17.9. The lowest BCUT2D eigenvalue weighted by Gasteiger charge is -2.14. The number of aromatic nitrogens is 3. The molecule has 170 valence electrons. The van der Waals surface area contributed by atoms with Gasteiger partial charge in [0.2, 0.25) is 11.8 Å². The highest BCUT2D eigenvalue weighted by Gasteiger charge is 2.20. The first-order chi connectivity index (χ1) is 16.6. The van der Waals surface area contributed by atoms with Gasteiger partial charge in [0, 0.05) is 10.5 Å². The molecular formula is C26H19BrFN3O3. The number of nitrogens with one attached hydrogen (secondary N) is 1.